The van der Waals surface area contributed by atoms with Crippen molar-refractivity contribution in [2.24, 2.45) is 27.3 Å². The normalized spacial score (nSPS) is 23.1. The molecule has 3 aromatic rings. The summed E-state index contributed by atoms with van der Waals surface area (Å²) >= 11 is 1.52. The average molecular weight is 472 g/mol. The van der Waals surface area contributed by atoms with Gasteiger partial charge in [-0.05, 0) is 66.0 Å². The van der Waals surface area contributed by atoms with Crippen molar-refractivity contribution in [1.29, 1.82) is 0 Å². The molecule has 1 aromatic carbocycles. The van der Waals surface area contributed by atoms with Crippen LogP contribution in [0.1, 0.15) is 26.7 Å². The smallest absolute Gasteiger partial charge is 0.262 e. The summed E-state index contributed by atoms with van der Waals surface area (Å²) in [5, 5.41) is 9.86. The van der Waals surface area contributed by atoms with Gasteiger partial charge in [-0.25, -0.2) is 9.67 Å². The highest BCUT2D eigenvalue weighted by atomic mass is 32.1. The van der Waals surface area contributed by atoms with E-state index < -0.39 is 0 Å². The van der Waals surface area contributed by atoms with Crippen LogP contribution in [0, 0.1) is 17.3 Å². The van der Waals surface area contributed by atoms with Crippen LogP contribution in [0.3, 0.4) is 0 Å². The zero-order chi connectivity index (χ0) is 23.3. The molecule has 0 spiro atoms. The molecule has 1 fully saturated rings. The summed E-state index contributed by atoms with van der Waals surface area (Å²) in [4.78, 5) is 21.6. The van der Waals surface area contributed by atoms with Gasteiger partial charge < -0.3 is 10.1 Å². The first-order valence-corrected chi connectivity index (χ1v) is 12.3. The van der Waals surface area contributed by atoms with Gasteiger partial charge >= 0.3 is 0 Å². The zero-order valence-electron chi connectivity index (χ0n) is 19.1. The second kappa shape index (κ2) is 8.06. The fourth-order valence-corrected chi connectivity index (χ4v) is 5.99. The van der Waals surface area contributed by atoms with Gasteiger partial charge in [0.1, 0.15) is 5.75 Å². The molecule has 34 heavy (non-hydrogen) atoms. The van der Waals surface area contributed by atoms with Crippen molar-refractivity contribution in [1.82, 2.24) is 9.66 Å². The summed E-state index contributed by atoms with van der Waals surface area (Å²) in [6, 6.07) is 9.59. The minimum absolute atomic E-state index is 0.0384. The molecule has 4 aliphatic rings. The van der Waals surface area contributed by atoms with Crippen LogP contribution in [0.2, 0.25) is 0 Å². The third-order valence-corrected chi connectivity index (χ3v) is 8.11. The molecule has 3 heterocycles. The number of nitrogens with zero attached hydrogens (tertiary/aromatic N) is 4. The van der Waals surface area contributed by atoms with Gasteiger partial charge in [0.05, 0.1) is 29.5 Å². The van der Waals surface area contributed by atoms with Crippen molar-refractivity contribution < 1.29 is 9.53 Å². The van der Waals surface area contributed by atoms with E-state index in [4.69, 9.17) is 14.8 Å². The van der Waals surface area contributed by atoms with E-state index in [-0.39, 0.29) is 12.5 Å². The summed E-state index contributed by atoms with van der Waals surface area (Å²) in [6.07, 6.45) is 10.2. The molecule has 7 nitrogen and oxygen atoms in total. The third kappa shape index (κ3) is 3.58. The predicted molar refractivity (Wildman–Crippen MR) is 133 cm³/mol. The van der Waals surface area contributed by atoms with Crippen LogP contribution in [0.15, 0.2) is 69.8 Å². The number of carbonyl (C=O) groups excluding carboxylic acids is 1. The van der Waals surface area contributed by atoms with Crippen molar-refractivity contribution in [3.05, 3.63) is 64.6 Å². The highest BCUT2D eigenvalue weighted by Gasteiger charge is 2.50. The molecular weight excluding hydrogens is 446 g/mol. The summed E-state index contributed by atoms with van der Waals surface area (Å²) in [7, 11) is 0. The number of carbonyl (C=O) groups is 1. The fourth-order valence-electron chi connectivity index (χ4n) is 5.13. The summed E-state index contributed by atoms with van der Waals surface area (Å²) < 4.78 is 7.40. The van der Waals surface area contributed by atoms with Gasteiger partial charge in [0.25, 0.3) is 5.91 Å². The highest BCUT2D eigenvalue weighted by Crippen LogP contribution is 2.58. The first-order chi connectivity index (χ1) is 16.5. The standard InChI is InChI=1S/C26H25N5O2S/c1-26(2)18-7-5-17(20(26)11-18)12-28-31-22(15-34-25(31)29-19-4-3-9-27-13-19)16-6-8-23-21(10-16)30-24(32)14-33-23/h3-6,8-10,12-13,15,18,20H,7,11,14H2,1-2H3,(H,30,32). The Morgan fingerprint density at radius 1 is 1.32 bits per heavy atom. The largest absolute Gasteiger partial charge is 0.482 e. The Morgan fingerprint density at radius 3 is 3.03 bits per heavy atom. The summed E-state index contributed by atoms with van der Waals surface area (Å²) in [5.74, 6) is 1.84. The summed E-state index contributed by atoms with van der Waals surface area (Å²) in [6.45, 7) is 4.77. The lowest BCUT2D eigenvalue weighted by molar-refractivity contribution is -0.118. The Morgan fingerprint density at radius 2 is 2.24 bits per heavy atom. The Balaban J connectivity index is 1.43. The van der Waals surface area contributed by atoms with E-state index in [9.17, 15) is 4.79 Å². The number of hydrogen-bond donors (Lipinski definition) is 1. The number of aromatic nitrogens is 2. The van der Waals surface area contributed by atoms with Gasteiger partial charge in [-0.1, -0.05) is 19.9 Å². The first-order valence-electron chi connectivity index (χ1n) is 11.5. The minimum atomic E-state index is -0.154. The quantitative estimate of drug-likeness (QED) is 0.544. The fraction of sp³-hybridized carbons (Fsp3) is 0.308. The van der Waals surface area contributed by atoms with Crippen LogP contribution in [0.4, 0.5) is 11.4 Å². The Kier molecular flexibility index (Phi) is 4.99. The molecule has 1 N–H and O–H groups in total. The molecule has 2 bridgehead atoms. The number of ether oxygens (including phenoxy) is 1. The van der Waals surface area contributed by atoms with E-state index in [0.717, 1.165) is 34.1 Å². The Bertz CT molecular complexity index is 1400. The lowest BCUT2D eigenvalue weighted by atomic mass is 9.49. The number of thiazole rings is 1. The maximum atomic E-state index is 11.8. The number of benzene rings is 1. The highest BCUT2D eigenvalue weighted by molar-refractivity contribution is 7.07. The van der Waals surface area contributed by atoms with Crippen LogP contribution < -0.4 is 14.9 Å². The molecule has 8 heteroatoms. The molecule has 1 saturated carbocycles. The molecule has 0 radical (unpaired) electrons. The lowest BCUT2D eigenvalue weighted by Gasteiger charge is -2.55. The number of anilines is 1. The van der Waals surface area contributed by atoms with E-state index in [2.05, 4.69) is 30.2 Å². The van der Waals surface area contributed by atoms with Gasteiger partial charge in [0.15, 0.2) is 6.61 Å². The van der Waals surface area contributed by atoms with Crippen molar-refractivity contribution in [2.45, 2.75) is 26.7 Å². The third-order valence-electron chi connectivity index (χ3n) is 7.30. The first kappa shape index (κ1) is 21.0. The number of pyridine rings is 1. The number of allylic oxidation sites excluding steroid dienone is 2. The van der Waals surface area contributed by atoms with Gasteiger partial charge in [0, 0.05) is 17.1 Å². The van der Waals surface area contributed by atoms with Crippen LogP contribution in [0.5, 0.6) is 5.75 Å². The average Bonchev–Trinajstić information content (AvgIpc) is 3.25. The van der Waals surface area contributed by atoms with Crippen LogP contribution >= 0.6 is 11.3 Å². The molecule has 2 aromatic heterocycles. The zero-order valence-corrected chi connectivity index (χ0v) is 19.9. The molecule has 3 aliphatic carbocycles. The molecule has 7 rings (SSSR count). The van der Waals surface area contributed by atoms with E-state index >= 15 is 0 Å². The Hall–Kier alpha value is -3.52. The second-order valence-corrected chi connectivity index (χ2v) is 10.4. The minimum Gasteiger partial charge on any atom is -0.482 e. The molecule has 1 aliphatic heterocycles. The molecule has 2 atom stereocenters. The molecule has 172 valence electrons. The summed E-state index contributed by atoms with van der Waals surface area (Å²) in [5.41, 5.74) is 4.89. The van der Waals surface area contributed by atoms with E-state index in [1.54, 1.807) is 12.4 Å². The van der Waals surface area contributed by atoms with Gasteiger partial charge in [-0.2, -0.15) is 5.10 Å². The number of hydrogen-bond acceptors (Lipinski definition) is 6. The lowest BCUT2D eigenvalue weighted by Crippen LogP contribution is -2.48. The molecular formula is C26H25N5O2S. The second-order valence-electron chi connectivity index (χ2n) is 9.58. The topological polar surface area (TPSA) is 80.9 Å². The Labute approximate surface area is 201 Å². The maximum Gasteiger partial charge on any atom is 0.262 e. The number of fused-ring (bicyclic) bond motifs is 2. The van der Waals surface area contributed by atoms with Gasteiger partial charge in [0.2, 0.25) is 4.80 Å². The van der Waals surface area contributed by atoms with Crippen molar-refractivity contribution in [2.75, 3.05) is 11.9 Å². The number of nitrogens with one attached hydrogen (secondary N) is 1. The van der Waals surface area contributed by atoms with E-state index in [1.807, 2.05) is 46.6 Å². The SMILES string of the molecule is CC1(C)C2CC=C(C=Nn3c(-c4ccc5c(c4)NC(=O)CO5)csc3=Nc3cccnc3)C1C2. The molecule has 0 saturated heterocycles. The van der Waals surface area contributed by atoms with Gasteiger partial charge in [-0.15, -0.1) is 11.3 Å². The van der Waals surface area contributed by atoms with Crippen LogP contribution in [-0.4, -0.2) is 28.4 Å². The van der Waals surface area contributed by atoms with Crippen molar-refractivity contribution in [3.63, 3.8) is 0 Å². The predicted octanol–water partition coefficient (Wildman–Crippen LogP) is 5.00. The maximum absolute atomic E-state index is 11.8. The number of rotatable bonds is 4. The monoisotopic (exact) mass is 471 g/mol. The number of amides is 1. The van der Waals surface area contributed by atoms with Crippen LogP contribution in [0.25, 0.3) is 11.3 Å². The molecule has 1 amide bonds. The van der Waals surface area contributed by atoms with E-state index in [0.29, 0.717) is 22.8 Å². The van der Waals surface area contributed by atoms with Crippen LogP contribution in [-0.2, 0) is 4.79 Å². The van der Waals surface area contributed by atoms with Crippen molar-refractivity contribution >= 4 is 34.8 Å². The molecule has 2 unspecified atom stereocenters. The van der Waals surface area contributed by atoms with Crippen molar-refractivity contribution in [3.8, 4) is 17.0 Å². The van der Waals surface area contributed by atoms with Gasteiger partial charge in [-0.3, -0.25) is 9.78 Å². The van der Waals surface area contributed by atoms with E-state index in [1.165, 1.54) is 23.3 Å².